The van der Waals surface area contributed by atoms with Gasteiger partial charge in [-0.1, -0.05) is 0 Å². The van der Waals surface area contributed by atoms with Gasteiger partial charge in [0.05, 0.1) is 11.4 Å². The van der Waals surface area contributed by atoms with Crippen LogP contribution in [-0.2, 0) is 14.8 Å². The van der Waals surface area contributed by atoms with E-state index in [1.54, 1.807) is 13.8 Å². The van der Waals surface area contributed by atoms with Crippen molar-refractivity contribution in [3.8, 4) is 0 Å². The van der Waals surface area contributed by atoms with Gasteiger partial charge in [-0.15, -0.1) is 0 Å². The highest BCUT2D eigenvalue weighted by Crippen LogP contribution is 2.10. The van der Waals surface area contributed by atoms with Gasteiger partial charge in [0.1, 0.15) is 0 Å². The summed E-state index contributed by atoms with van der Waals surface area (Å²) in [6.45, 7) is 5.69. The minimum atomic E-state index is -3.43. The molecular weight excluding hydrogens is 166 g/mol. The topological polar surface area (TPSA) is 69.4 Å². The van der Waals surface area contributed by atoms with Crippen LogP contribution in [0.3, 0.4) is 0 Å². The molecule has 0 rings (SSSR count). The molecule has 0 amide bonds. The van der Waals surface area contributed by atoms with Crippen LogP contribution in [0.4, 0.5) is 0 Å². The van der Waals surface area contributed by atoms with Crippen LogP contribution >= 0.6 is 0 Å². The molecule has 11 heavy (non-hydrogen) atoms. The highest BCUT2D eigenvalue weighted by Gasteiger charge is 2.23. The van der Waals surface area contributed by atoms with Gasteiger partial charge in [-0.2, -0.15) is 0 Å². The molecule has 4 nitrogen and oxygen atoms in total. The van der Waals surface area contributed by atoms with Crippen LogP contribution in [0.25, 0.3) is 0 Å². The van der Waals surface area contributed by atoms with Crippen molar-refractivity contribution in [2.24, 2.45) is 5.14 Å². The minimum Gasteiger partial charge on any atom is -0.375 e. The van der Waals surface area contributed by atoms with E-state index >= 15 is 0 Å². The van der Waals surface area contributed by atoms with Gasteiger partial charge in [-0.05, 0) is 20.8 Å². The second-order valence-corrected chi connectivity index (χ2v) is 4.61. The van der Waals surface area contributed by atoms with Crippen molar-refractivity contribution < 1.29 is 13.2 Å². The molecule has 0 spiro atoms. The molecule has 0 aliphatic rings. The van der Waals surface area contributed by atoms with E-state index in [4.69, 9.17) is 9.88 Å². The molecule has 0 fully saturated rings. The summed E-state index contributed by atoms with van der Waals surface area (Å²) < 4.78 is 26.4. The summed E-state index contributed by atoms with van der Waals surface area (Å²) in [6.07, 6.45) is 0. The SMILES string of the molecule is CCOC(C)(C)CS(N)(=O)=O. The first-order valence-electron chi connectivity index (χ1n) is 3.41. The van der Waals surface area contributed by atoms with Gasteiger partial charge in [0.25, 0.3) is 0 Å². The second-order valence-electron chi connectivity index (χ2n) is 3.00. The smallest absolute Gasteiger partial charge is 0.211 e. The quantitative estimate of drug-likeness (QED) is 0.668. The van der Waals surface area contributed by atoms with Crippen molar-refractivity contribution >= 4 is 10.0 Å². The van der Waals surface area contributed by atoms with Crippen molar-refractivity contribution in [1.82, 2.24) is 0 Å². The highest BCUT2D eigenvalue weighted by molar-refractivity contribution is 7.89. The number of nitrogens with two attached hydrogens (primary N) is 1. The minimum absolute atomic E-state index is 0.145. The van der Waals surface area contributed by atoms with Gasteiger partial charge in [-0.3, -0.25) is 0 Å². The summed E-state index contributed by atoms with van der Waals surface area (Å²) >= 11 is 0. The average molecular weight is 181 g/mol. The highest BCUT2D eigenvalue weighted by atomic mass is 32.2. The lowest BCUT2D eigenvalue weighted by Gasteiger charge is -2.22. The lowest BCUT2D eigenvalue weighted by molar-refractivity contribution is 0.00797. The van der Waals surface area contributed by atoms with Crippen LogP contribution < -0.4 is 5.14 Å². The van der Waals surface area contributed by atoms with E-state index in [0.29, 0.717) is 6.61 Å². The van der Waals surface area contributed by atoms with E-state index in [9.17, 15) is 8.42 Å². The molecule has 5 heteroatoms. The predicted molar refractivity (Wildman–Crippen MR) is 43.7 cm³/mol. The molecule has 0 bridgehead atoms. The van der Waals surface area contributed by atoms with E-state index in [2.05, 4.69) is 0 Å². The lowest BCUT2D eigenvalue weighted by atomic mass is 10.2. The summed E-state index contributed by atoms with van der Waals surface area (Å²) in [5, 5.41) is 4.84. The van der Waals surface area contributed by atoms with Crippen LogP contribution in [0.5, 0.6) is 0 Å². The third-order valence-corrected chi connectivity index (χ3v) is 2.18. The molecule has 0 unspecified atom stereocenters. The molecule has 0 saturated carbocycles. The number of hydrogen-bond donors (Lipinski definition) is 1. The van der Waals surface area contributed by atoms with E-state index in [1.807, 2.05) is 6.92 Å². The molecule has 68 valence electrons. The first kappa shape index (κ1) is 10.9. The Morgan fingerprint density at radius 2 is 1.91 bits per heavy atom. The van der Waals surface area contributed by atoms with E-state index < -0.39 is 15.6 Å². The summed E-state index contributed by atoms with van der Waals surface area (Å²) in [5.74, 6) is -0.145. The van der Waals surface area contributed by atoms with Crippen LogP contribution in [0, 0.1) is 0 Å². The molecule has 0 saturated heterocycles. The Morgan fingerprint density at radius 3 is 2.18 bits per heavy atom. The average Bonchev–Trinajstić information content (AvgIpc) is 1.55. The fourth-order valence-electron chi connectivity index (χ4n) is 0.917. The summed E-state index contributed by atoms with van der Waals surface area (Å²) in [7, 11) is -3.43. The standard InChI is InChI=1S/C6H15NO3S/c1-4-10-6(2,3)5-11(7,8)9/h4-5H2,1-3H3,(H2,7,8,9). The molecule has 0 atom stereocenters. The molecule has 0 aromatic rings. The fourth-order valence-corrected chi connectivity index (χ4v) is 1.97. The van der Waals surface area contributed by atoms with Gasteiger partial charge in [0, 0.05) is 6.61 Å². The van der Waals surface area contributed by atoms with Gasteiger partial charge in [-0.25, -0.2) is 13.6 Å². The Hall–Kier alpha value is -0.130. The van der Waals surface area contributed by atoms with Crippen molar-refractivity contribution in [2.75, 3.05) is 12.4 Å². The van der Waals surface area contributed by atoms with E-state index in [1.165, 1.54) is 0 Å². The van der Waals surface area contributed by atoms with E-state index in [0.717, 1.165) is 0 Å². The molecule has 0 aromatic carbocycles. The van der Waals surface area contributed by atoms with Gasteiger partial charge >= 0.3 is 0 Å². The largest absolute Gasteiger partial charge is 0.375 e. The summed E-state index contributed by atoms with van der Waals surface area (Å²) in [5.41, 5.74) is -0.678. The Labute approximate surface area is 67.8 Å². The molecule has 2 N–H and O–H groups in total. The van der Waals surface area contributed by atoms with Gasteiger partial charge in [0.15, 0.2) is 0 Å². The Bertz CT molecular complexity index is 208. The van der Waals surface area contributed by atoms with Crippen LogP contribution in [0.2, 0.25) is 0 Å². The summed E-state index contributed by atoms with van der Waals surface area (Å²) in [6, 6.07) is 0. The number of rotatable bonds is 4. The zero-order chi connectivity index (χ0) is 9.12. The third kappa shape index (κ3) is 6.28. The van der Waals surface area contributed by atoms with Crippen LogP contribution in [-0.4, -0.2) is 26.4 Å². The number of hydrogen-bond acceptors (Lipinski definition) is 3. The third-order valence-electron chi connectivity index (χ3n) is 1.08. The first-order chi connectivity index (χ1) is 4.77. The van der Waals surface area contributed by atoms with Gasteiger partial charge in [0.2, 0.25) is 10.0 Å². The molecule has 0 aliphatic carbocycles. The van der Waals surface area contributed by atoms with Crippen LogP contribution in [0.1, 0.15) is 20.8 Å². The monoisotopic (exact) mass is 181 g/mol. The molecule has 0 heterocycles. The summed E-state index contributed by atoms with van der Waals surface area (Å²) in [4.78, 5) is 0. The Morgan fingerprint density at radius 1 is 1.45 bits per heavy atom. The Kier molecular flexibility index (Phi) is 3.47. The Balaban J connectivity index is 4.13. The van der Waals surface area contributed by atoms with Gasteiger partial charge < -0.3 is 4.74 Å². The maximum Gasteiger partial charge on any atom is 0.211 e. The second kappa shape index (κ2) is 3.51. The molecule has 0 radical (unpaired) electrons. The normalized spacial score (nSPS) is 13.5. The predicted octanol–water partition coefficient (Wildman–Crippen LogP) is 0.0900. The maximum absolute atomic E-state index is 10.6. The lowest BCUT2D eigenvalue weighted by Crippen LogP contribution is -2.36. The van der Waals surface area contributed by atoms with E-state index in [-0.39, 0.29) is 5.75 Å². The van der Waals surface area contributed by atoms with Crippen molar-refractivity contribution in [3.05, 3.63) is 0 Å². The molecule has 0 aromatic heterocycles. The first-order valence-corrected chi connectivity index (χ1v) is 5.13. The zero-order valence-corrected chi connectivity index (χ0v) is 7.94. The van der Waals surface area contributed by atoms with Crippen molar-refractivity contribution in [3.63, 3.8) is 0 Å². The van der Waals surface area contributed by atoms with Crippen molar-refractivity contribution in [1.29, 1.82) is 0 Å². The fraction of sp³-hybridized carbons (Fsp3) is 1.00. The maximum atomic E-state index is 10.6. The van der Waals surface area contributed by atoms with Crippen molar-refractivity contribution in [2.45, 2.75) is 26.4 Å². The number of sulfonamides is 1. The number of primary sulfonamides is 1. The molecule has 0 aliphatic heterocycles. The van der Waals surface area contributed by atoms with Crippen LogP contribution in [0.15, 0.2) is 0 Å². The molecular formula is C6H15NO3S. The number of ether oxygens (including phenoxy) is 1. The zero-order valence-electron chi connectivity index (χ0n) is 7.12.